The second-order valence-corrected chi connectivity index (χ2v) is 7.39. The molecular formula is C23H26N4O5. The van der Waals surface area contributed by atoms with E-state index in [1.54, 1.807) is 13.8 Å². The number of benzene rings is 2. The predicted octanol–water partition coefficient (Wildman–Crippen LogP) is 1.70. The van der Waals surface area contributed by atoms with Crippen LogP contribution in [0.4, 0.5) is 0 Å². The number of nitrogens with zero attached hydrogens (tertiary/aromatic N) is 1. The fourth-order valence-electron chi connectivity index (χ4n) is 3.22. The van der Waals surface area contributed by atoms with Crippen LogP contribution in [0.15, 0.2) is 53.1 Å². The maximum atomic E-state index is 12.6. The van der Waals surface area contributed by atoms with Gasteiger partial charge < -0.3 is 25.2 Å². The van der Waals surface area contributed by atoms with Gasteiger partial charge in [-0.25, -0.2) is 0 Å². The number of amides is 3. The van der Waals surface area contributed by atoms with Crippen LogP contribution in [0.3, 0.4) is 0 Å². The Labute approximate surface area is 185 Å². The quantitative estimate of drug-likeness (QED) is 0.467. The molecule has 0 saturated carbocycles. The van der Waals surface area contributed by atoms with Gasteiger partial charge in [-0.05, 0) is 30.2 Å². The van der Waals surface area contributed by atoms with Gasteiger partial charge in [-0.1, -0.05) is 47.6 Å². The van der Waals surface area contributed by atoms with Gasteiger partial charge in [0.15, 0.2) is 5.69 Å². The third-order valence-electron chi connectivity index (χ3n) is 4.90. The number of ether oxygens (including phenoxy) is 1. The van der Waals surface area contributed by atoms with Crippen LogP contribution < -0.4 is 16.0 Å². The molecule has 3 aromatic rings. The molecule has 3 rings (SSSR count). The zero-order valence-electron chi connectivity index (χ0n) is 18.2. The number of rotatable bonds is 9. The molecule has 9 nitrogen and oxygen atoms in total. The topological polar surface area (TPSA) is 123 Å². The summed E-state index contributed by atoms with van der Waals surface area (Å²) in [7, 11) is 1.41. The first-order chi connectivity index (χ1) is 15.4. The Bertz CT molecular complexity index is 1110. The molecule has 0 saturated heterocycles. The Balaban J connectivity index is 1.57. The van der Waals surface area contributed by atoms with Gasteiger partial charge in [0.1, 0.15) is 17.8 Å². The van der Waals surface area contributed by atoms with Crippen molar-refractivity contribution >= 4 is 28.5 Å². The minimum absolute atomic E-state index is 0.0530. The number of methoxy groups -OCH3 is 1. The van der Waals surface area contributed by atoms with Crippen molar-refractivity contribution in [2.24, 2.45) is 0 Å². The fraction of sp³-hybridized carbons (Fsp3) is 0.304. The summed E-state index contributed by atoms with van der Waals surface area (Å²) in [4.78, 5) is 37.5. The molecule has 9 heteroatoms. The molecule has 168 valence electrons. The van der Waals surface area contributed by atoms with Crippen molar-refractivity contribution in [2.75, 3.05) is 13.7 Å². The maximum Gasteiger partial charge on any atom is 0.274 e. The molecular weight excluding hydrogens is 412 g/mol. The molecule has 1 heterocycles. The normalized spacial score (nSPS) is 12.7. The third kappa shape index (κ3) is 5.70. The molecule has 0 fully saturated rings. The fourth-order valence-corrected chi connectivity index (χ4v) is 3.22. The SMILES string of the molecule is COCC(NC(=O)c1cc(C)on1)C(=O)NC(C)C(=O)NCc1cccc2ccccc12. The van der Waals surface area contributed by atoms with Gasteiger partial charge in [0.25, 0.3) is 5.91 Å². The van der Waals surface area contributed by atoms with Crippen LogP contribution in [0.1, 0.15) is 28.7 Å². The van der Waals surface area contributed by atoms with Crippen LogP contribution in [0.5, 0.6) is 0 Å². The predicted molar refractivity (Wildman–Crippen MR) is 118 cm³/mol. The standard InChI is InChI=1S/C23H26N4O5/c1-14-11-19(27-32-14)22(29)26-20(13-31-3)23(30)25-15(2)21(28)24-12-17-9-6-8-16-7-4-5-10-18(16)17/h4-11,15,20H,12-13H2,1-3H3,(H,24,28)(H,25,30)(H,26,29). The molecule has 2 unspecified atom stereocenters. The lowest BCUT2D eigenvalue weighted by molar-refractivity contribution is -0.130. The monoisotopic (exact) mass is 438 g/mol. The molecule has 0 spiro atoms. The van der Waals surface area contributed by atoms with Crippen LogP contribution in [0, 0.1) is 6.92 Å². The molecule has 32 heavy (non-hydrogen) atoms. The third-order valence-corrected chi connectivity index (χ3v) is 4.90. The average molecular weight is 438 g/mol. The summed E-state index contributed by atoms with van der Waals surface area (Å²) in [5, 5.41) is 13.8. The molecule has 3 amide bonds. The minimum atomic E-state index is -1.00. The van der Waals surface area contributed by atoms with Gasteiger partial charge in [-0.2, -0.15) is 0 Å². The van der Waals surface area contributed by atoms with Crippen molar-refractivity contribution in [3.05, 3.63) is 65.5 Å². The summed E-state index contributed by atoms with van der Waals surface area (Å²) in [5.74, 6) is -0.999. The molecule has 0 aliphatic carbocycles. The Kier molecular flexibility index (Phi) is 7.56. The largest absolute Gasteiger partial charge is 0.382 e. The van der Waals surface area contributed by atoms with E-state index in [2.05, 4.69) is 21.1 Å². The first kappa shape index (κ1) is 23.0. The molecule has 2 atom stereocenters. The number of hydrogen-bond donors (Lipinski definition) is 3. The summed E-state index contributed by atoms with van der Waals surface area (Å²) in [6.07, 6.45) is 0. The number of hydrogen-bond acceptors (Lipinski definition) is 6. The van der Waals surface area contributed by atoms with Crippen molar-refractivity contribution in [1.29, 1.82) is 0 Å². The highest BCUT2D eigenvalue weighted by molar-refractivity contribution is 5.97. The van der Waals surface area contributed by atoms with Gasteiger partial charge in [-0.15, -0.1) is 0 Å². The lowest BCUT2D eigenvalue weighted by Gasteiger charge is -2.20. The van der Waals surface area contributed by atoms with E-state index in [1.165, 1.54) is 13.2 Å². The zero-order valence-corrected chi connectivity index (χ0v) is 18.2. The number of nitrogens with one attached hydrogen (secondary N) is 3. The summed E-state index contributed by atoms with van der Waals surface area (Å²) < 4.78 is 9.91. The molecule has 0 bridgehead atoms. The molecule has 2 aromatic carbocycles. The lowest BCUT2D eigenvalue weighted by Crippen LogP contribution is -2.54. The number of carbonyl (C=O) groups is 3. The molecule has 3 N–H and O–H groups in total. The maximum absolute atomic E-state index is 12.6. The second kappa shape index (κ2) is 10.5. The van der Waals surface area contributed by atoms with Gasteiger partial charge in [-0.3, -0.25) is 14.4 Å². The highest BCUT2D eigenvalue weighted by Gasteiger charge is 2.26. The van der Waals surface area contributed by atoms with Crippen LogP contribution in [0.25, 0.3) is 10.8 Å². The van der Waals surface area contributed by atoms with E-state index in [1.807, 2.05) is 42.5 Å². The van der Waals surface area contributed by atoms with Crippen molar-refractivity contribution in [2.45, 2.75) is 32.5 Å². The van der Waals surface area contributed by atoms with E-state index < -0.39 is 23.9 Å². The van der Waals surface area contributed by atoms with E-state index in [0.29, 0.717) is 12.3 Å². The van der Waals surface area contributed by atoms with Crippen molar-refractivity contribution < 1.29 is 23.6 Å². The highest BCUT2D eigenvalue weighted by Crippen LogP contribution is 2.18. The van der Waals surface area contributed by atoms with Crippen molar-refractivity contribution in [3.63, 3.8) is 0 Å². The van der Waals surface area contributed by atoms with Crippen LogP contribution in [-0.2, 0) is 20.9 Å². The van der Waals surface area contributed by atoms with E-state index in [-0.39, 0.29) is 18.2 Å². The summed E-state index contributed by atoms with van der Waals surface area (Å²) >= 11 is 0. The van der Waals surface area contributed by atoms with E-state index in [9.17, 15) is 14.4 Å². The lowest BCUT2D eigenvalue weighted by atomic mass is 10.0. The highest BCUT2D eigenvalue weighted by atomic mass is 16.5. The first-order valence-electron chi connectivity index (χ1n) is 10.2. The van der Waals surface area contributed by atoms with Crippen molar-refractivity contribution in [1.82, 2.24) is 21.1 Å². The molecule has 0 radical (unpaired) electrons. The van der Waals surface area contributed by atoms with Crippen LogP contribution >= 0.6 is 0 Å². The number of aromatic nitrogens is 1. The summed E-state index contributed by atoms with van der Waals surface area (Å²) in [6, 6.07) is 13.4. The Morgan fingerprint density at radius 1 is 1.06 bits per heavy atom. The van der Waals surface area contributed by atoms with E-state index >= 15 is 0 Å². The van der Waals surface area contributed by atoms with Crippen molar-refractivity contribution in [3.8, 4) is 0 Å². The Morgan fingerprint density at radius 2 is 1.81 bits per heavy atom. The Morgan fingerprint density at radius 3 is 2.53 bits per heavy atom. The Hall–Kier alpha value is -3.72. The van der Waals surface area contributed by atoms with Crippen LogP contribution in [-0.4, -0.2) is 48.7 Å². The number of carbonyl (C=O) groups excluding carboxylic acids is 3. The zero-order chi connectivity index (χ0) is 23.1. The van der Waals surface area contributed by atoms with Crippen LogP contribution in [0.2, 0.25) is 0 Å². The molecule has 0 aliphatic heterocycles. The van der Waals surface area contributed by atoms with Gasteiger partial charge in [0, 0.05) is 19.7 Å². The van der Waals surface area contributed by atoms with Gasteiger partial charge in [0.2, 0.25) is 11.8 Å². The number of fused-ring (bicyclic) bond motifs is 1. The van der Waals surface area contributed by atoms with E-state index in [4.69, 9.17) is 9.26 Å². The summed E-state index contributed by atoms with van der Waals surface area (Å²) in [5.41, 5.74) is 1.03. The number of aryl methyl sites for hydroxylation is 1. The van der Waals surface area contributed by atoms with Gasteiger partial charge in [0.05, 0.1) is 6.61 Å². The minimum Gasteiger partial charge on any atom is -0.382 e. The molecule has 0 aliphatic rings. The van der Waals surface area contributed by atoms with Gasteiger partial charge >= 0.3 is 0 Å². The second-order valence-electron chi connectivity index (χ2n) is 7.39. The summed E-state index contributed by atoms with van der Waals surface area (Å²) in [6.45, 7) is 3.48. The van der Waals surface area contributed by atoms with E-state index in [0.717, 1.165) is 16.3 Å². The first-order valence-corrected chi connectivity index (χ1v) is 10.2. The smallest absolute Gasteiger partial charge is 0.274 e. The average Bonchev–Trinajstić information content (AvgIpc) is 3.23. The molecule has 1 aromatic heterocycles.